The van der Waals surface area contributed by atoms with Gasteiger partial charge in [-0.2, -0.15) is 0 Å². The number of nitrogens with one attached hydrogen (secondary N) is 4. The van der Waals surface area contributed by atoms with Crippen molar-refractivity contribution in [3.63, 3.8) is 0 Å². The van der Waals surface area contributed by atoms with E-state index in [0.29, 0.717) is 24.2 Å². The molecule has 9 nitrogen and oxygen atoms in total. The van der Waals surface area contributed by atoms with Crippen LogP contribution in [0.15, 0.2) is 94.0 Å². The van der Waals surface area contributed by atoms with Gasteiger partial charge in [0.05, 0.1) is 29.5 Å². The van der Waals surface area contributed by atoms with Crippen LogP contribution in [0.3, 0.4) is 0 Å². The molecule has 0 aromatic rings. The summed E-state index contributed by atoms with van der Waals surface area (Å²) in [4.78, 5) is 17.8. The van der Waals surface area contributed by atoms with E-state index in [1.807, 2.05) is 20.1 Å². The molecular formula is C38H57N9. The van der Waals surface area contributed by atoms with Crippen molar-refractivity contribution in [1.82, 2.24) is 36.0 Å². The number of nitrogens with zero attached hydrogens (tertiary/aromatic N) is 5. The maximum atomic E-state index is 5.18. The first-order valence-corrected chi connectivity index (χ1v) is 18.1. The van der Waals surface area contributed by atoms with Gasteiger partial charge in [-0.3, -0.25) is 24.7 Å². The van der Waals surface area contributed by atoms with E-state index in [-0.39, 0.29) is 6.04 Å². The van der Waals surface area contributed by atoms with E-state index in [2.05, 4.69) is 108 Å². The molecule has 0 saturated carbocycles. The van der Waals surface area contributed by atoms with Gasteiger partial charge in [0.25, 0.3) is 0 Å². The van der Waals surface area contributed by atoms with Crippen LogP contribution in [0.1, 0.15) is 46.0 Å². The Morgan fingerprint density at radius 1 is 0.872 bits per heavy atom. The minimum Gasteiger partial charge on any atom is -0.386 e. The second-order valence-electron chi connectivity index (χ2n) is 13.7. The second kappa shape index (κ2) is 17.2. The lowest BCUT2D eigenvalue weighted by Gasteiger charge is -2.36. The van der Waals surface area contributed by atoms with E-state index in [9.17, 15) is 0 Å². The van der Waals surface area contributed by atoms with Crippen molar-refractivity contribution in [1.29, 1.82) is 0 Å². The van der Waals surface area contributed by atoms with Crippen molar-refractivity contribution in [2.24, 2.45) is 9.98 Å². The summed E-state index contributed by atoms with van der Waals surface area (Å²) >= 11 is 0. The molecule has 6 heterocycles. The normalized spacial score (nSPS) is 31.3. The highest BCUT2D eigenvalue weighted by atomic mass is 15.3. The molecule has 254 valence electrons. The lowest BCUT2D eigenvalue weighted by molar-refractivity contribution is 0.212. The molecule has 0 aliphatic carbocycles. The zero-order valence-electron chi connectivity index (χ0n) is 28.7. The highest BCUT2D eigenvalue weighted by molar-refractivity contribution is 6.09. The van der Waals surface area contributed by atoms with Gasteiger partial charge in [-0.25, -0.2) is 0 Å². The molecule has 1 saturated heterocycles. The highest BCUT2D eigenvalue weighted by Crippen LogP contribution is 2.19. The summed E-state index contributed by atoms with van der Waals surface area (Å²) < 4.78 is 0. The van der Waals surface area contributed by atoms with E-state index in [1.54, 1.807) is 0 Å². The fourth-order valence-electron chi connectivity index (χ4n) is 7.60. The van der Waals surface area contributed by atoms with E-state index in [4.69, 9.17) is 4.99 Å². The predicted octanol–water partition coefficient (Wildman–Crippen LogP) is 3.51. The largest absolute Gasteiger partial charge is 0.386 e. The molecule has 5 atom stereocenters. The molecule has 47 heavy (non-hydrogen) atoms. The molecule has 0 radical (unpaired) electrons. The first-order valence-electron chi connectivity index (χ1n) is 18.1. The minimum absolute atomic E-state index is 0.251. The van der Waals surface area contributed by atoms with Crippen molar-refractivity contribution in [2.75, 3.05) is 65.4 Å². The molecule has 0 aromatic heterocycles. The summed E-state index contributed by atoms with van der Waals surface area (Å²) in [5.41, 5.74) is 4.69. The van der Waals surface area contributed by atoms with Crippen molar-refractivity contribution in [3.05, 3.63) is 84.1 Å². The third-order valence-electron chi connectivity index (χ3n) is 10.3. The zero-order chi connectivity index (χ0) is 32.3. The SMILES string of the molecule is CC=N/C(=C\C)C1=NC(CN2CCN(CC3=CC=CC(C4CC=CN4)N3)CCN(CC3=CCCC(C4CC=CCN4)N3)CC2)CC=C1. The average Bonchev–Trinajstić information content (AvgIpc) is 3.68. The number of hydrogen-bond acceptors (Lipinski definition) is 9. The van der Waals surface area contributed by atoms with Crippen molar-refractivity contribution in [3.8, 4) is 0 Å². The molecule has 0 bridgehead atoms. The number of rotatable bonds is 10. The van der Waals surface area contributed by atoms with Crippen molar-refractivity contribution < 1.29 is 0 Å². The molecule has 0 spiro atoms. The van der Waals surface area contributed by atoms with Gasteiger partial charge in [-0.15, -0.1) is 0 Å². The van der Waals surface area contributed by atoms with Gasteiger partial charge >= 0.3 is 0 Å². The fraction of sp³-hybridized carbons (Fsp3) is 0.579. The number of hydrogen-bond donors (Lipinski definition) is 4. The van der Waals surface area contributed by atoms with Crippen LogP contribution in [0, 0.1) is 0 Å². The minimum atomic E-state index is 0.251. The van der Waals surface area contributed by atoms with Crippen LogP contribution in [0.2, 0.25) is 0 Å². The van der Waals surface area contributed by atoms with Gasteiger partial charge < -0.3 is 21.3 Å². The summed E-state index contributed by atoms with van der Waals surface area (Å²) in [6.07, 6.45) is 32.1. The summed E-state index contributed by atoms with van der Waals surface area (Å²) in [7, 11) is 0. The smallest absolute Gasteiger partial charge is 0.0835 e. The molecule has 9 heteroatoms. The Morgan fingerprint density at radius 2 is 1.66 bits per heavy atom. The summed E-state index contributed by atoms with van der Waals surface area (Å²) in [5, 5.41) is 15.0. The van der Waals surface area contributed by atoms with Crippen LogP contribution in [0.5, 0.6) is 0 Å². The average molecular weight is 640 g/mol. The molecular weight excluding hydrogens is 582 g/mol. The van der Waals surface area contributed by atoms with Crippen LogP contribution in [-0.4, -0.2) is 122 Å². The van der Waals surface area contributed by atoms with Gasteiger partial charge in [0.2, 0.25) is 0 Å². The van der Waals surface area contributed by atoms with Gasteiger partial charge in [0, 0.05) is 95.1 Å². The second-order valence-corrected chi connectivity index (χ2v) is 13.7. The van der Waals surface area contributed by atoms with Gasteiger partial charge in [-0.1, -0.05) is 48.6 Å². The lowest BCUT2D eigenvalue weighted by Crippen LogP contribution is -2.51. The maximum absolute atomic E-state index is 5.18. The Labute approximate surface area is 283 Å². The number of aliphatic imine (C=N–C) groups is 2. The molecule has 5 unspecified atom stereocenters. The Bertz CT molecular complexity index is 1310. The topological polar surface area (TPSA) is 82.6 Å². The molecule has 6 aliphatic rings. The molecule has 0 aromatic carbocycles. The Kier molecular flexibility index (Phi) is 12.3. The zero-order valence-corrected chi connectivity index (χ0v) is 28.7. The predicted molar refractivity (Wildman–Crippen MR) is 197 cm³/mol. The van der Waals surface area contributed by atoms with E-state index in [0.717, 1.165) is 103 Å². The Balaban J connectivity index is 1.12. The summed E-state index contributed by atoms with van der Waals surface area (Å²) in [6, 6.07) is 2.03. The van der Waals surface area contributed by atoms with Crippen LogP contribution >= 0.6 is 0 Å². The molecule has 6 aliphatic heterocycles. The maximum Gasteiger partial charge on any atom is 0.0835 e. The van der Waals surface area contributed by atoms with E-state index in [1.165, 1.54) is 17.8 Å². The monoisotopic (exact) mass is 639 g/mol. The molecule has 1 fully saturated rings. The van der Waals surface area contributed by atoms with Crippen LogP contribution in [-0.2, 0) is 0 Å². The Hall–Kier alpha value is -3.24. The summed E-state index contributed by atoms with van der Waals surface area (Å²) in [6.45, 7) is 14.2. The van der Waals surface area contributed by atoms with Crippen LogP contribution in [0.25, 0.3) is 0 Å². The van der Waals surface area contributed by atoms with Crippen molar-refractivity contribution >= 4 is 11.9 Å². The lowest BCUT2D eigenvalue weighted by atomic mass is 9.94. The third kappa shape index (κ3) is 9.66. The number of allylic oxidation sites excluding steroid dienone is 5. The molecule has 6 rings (SSSR count). The highest BCUT2D eigenvalue weighted by Gasteiger charge is 2.27. The first-order chi connectivity index (χ1) is 23.2. The van der Waals surface area contributed by atoms with Crippen LogP contribution < -0.4 is 21.3 Å². The van der Waals surface area contributed by atoms with E-state index >= 15 is 0 Å². The van der Waals surface area contributed by atoms with Gasteiger partial charge in [-0.05, 0) is 64.3 Å². The number of dihydropyridines is 2. The standard InChI is InChI=1S/C38H57N9/c1-3-33(39-4-2)36-15-7-11-30(42-36)27-45-21-23-46(28-31-12-8-16-37(43-31)34-14-5-6-19-40-34)25-26-47(24-22-45)29-32-13-9-17-38(44-32)35-18-10-20-41-35/h3-7,9-10,12-13,15,17,20,30,34-35,37-38,40-41,43-44H,8,11,14,16,18-19,21-29H2,1-2H3/b33-3-,39-4?. The summed E-state index contributed by atoms with van der Waals surface area (Å²) in [5.74, 6) is 0. The van der Waals surface area contributed by atoms with Crippen molar-refractivity contribution in [2.45, 2.75) is 76.2 Å². The van der Waals surface area contributed by atoms with Gasteiger partial charge in [0.15, 0.2) is 0 Å². The van der Waals surface area contributed by atoms with Gasteiger partial charge in [0.1, 0.15) is 0 Å². The Morgan fingerprint density at radius 3 is 2.38 bits per heavy atom. The van der Waals surface area contributed by atoms with E-state index < -0.39 is 0 Å². The third-order valence-corrected chi connectivity index (χ3v) is 10.3. The molecule has 0 amide bonds. The van der Waals surface area contributed by atoms with Crippen LogP contribution in [0.4, 0.5) is 0 Å². The first kappa shape index (κ1) is 33.7. The molecule has 4 N–H and O–H groups in total. The quantitative estimate of drug-likeness (QED) is 0.215. The fourth-order valence-corrected chi connectivity index (χ4v) is 7.60.